The second-order valence-electron chi connectivity index (χ2n) is 7.70. The van der Waals surface area contributed by atoms with Crippen LogP contribution in [0.15, 0.2) is 18.3 Å². The second kappa shape index (κ2) is 8.03. The van der Waals surface area contributed by atoms with Crippen LogP contribution in [0.25, 0.3) is 10.9 Å². The van der Waals surface area contributed by atoms with E-state index in [9.17, 15) is 5.26 Å². The number of aromatic nitrogens is 1. The van der Waals surface area contributed by atoms with E-state index in [1.165, 1.54) is 5.56 Å². The smallest absolute Gasteiger partial charge is 0.103 e. The molecule has 138 valence electrons. The van der Waals surface area contributed by atoms with Gasteiger partial charge in [0.1, 0.15) is 6.07 Å². The van der Waals surface area contributed by atoms with Crippen LogP contribution in [-0.4, -0.2) is 61.1 Å². The van der Waals surface area contributed by atoms with Gasteiger partial charge < -0.3 is 15.1 Å². The highest BCUT2D eigenvalue weighted by Gasteiger charge is 2.21. The molecule has 5 nitrogen and oxygen atoms in total. The van der Waals surface area contributed by atoms with Gasteiger partial charge in [-0.2, -0.15) is 5.26 Å². The maximum Gasteiger partial charge on any atom is 0.103 e. The van der Waals surface area contributed by atoms with E-state index in [0.29, 0.717) is 11.6 Å². The number of likely N-dealkylation sites (tertiary alicyclic amines) is 1. The molecule has 26 heavy (non-hydrogen) atoms. The van der Waals surface area contributed by atoms with E-state index in [1.807, 2.05) is 0 Å². The van der Waals surface area contributed by atoms with E-state index >= 15 is 0 Å². The Morgan fingerprint density at radius 3 is 2.65 bits per heavy atom. The predicted octanol–water partition coefficient (Wildman–Crippen LogP) is 3.16. The number of piperidine rings is 1. The van der Waals surface area contributed by atoms with Crippen LogP contribution in [0.4, 0.5) is 5.69 Å². The molecule has 2 aromatic rings. The summed E-state index contributed by atoms with van der Waals surface area (Å²) in [6.07, 6.45) is 3.92. The van der Waals surface area contributed by atoms with Crippen LogP contribution in [0, 0.1) is 25.2 Å². The minimum Gasteiger partial charge on any atom is -0.381 e. The van der Waals surface area contributed by atoms with E-state index < -0.39 is 0 Å². The molecule has 0 radical (unpaired) electrons. The molecule has 3 rings (SSSR count). The number of nitriles is 1. The van der Waals surface area contributed by atoms with Crippen LogP contribution in [0.3, 0.4) is 0 Å². The number of rotatable bonds is 5. The van der Waals surface area contributed by atoms with Gasteiger partial charge >= 0.3 is 0 Å². The van der Waals surface area contributed by atoms with Gasteiger partial charge in [-0.05, 0) is 52.4 Å². The third kappa shape index (κ3) is 4.14. The number of likely N-dealkylation sites (N-methyl/N-ethyl adjacent to an activating group) is 1. The van der Waals surface area contributed by atoms with Gasteiger partial charge in [-0.1, -0.05) is 11.6 Å². The maximum absolute atomic E-state index is 9.57. The Hall–Kier alpha value is -2.16. The molecular formula is C21H29N5. The Labute approximate surface area is 156 Å². The molecule has 2 heterocycles. The number of anilines is 1. The fourth-order valence-electron chi connectivity index (χ4n) is 3.75. The van der Waals surface area contributed by atoms with Crippen molar-refractivity contribution >= 4 is 16.6 Å². The highest BCUT2D eigenvalue weighted by Crippen LogP contribution is 2.30. The Morgan fingerprint density at radius 2 is 2.00 bits per heavy atom. The highest BCUT2D eigenvalue weighted by atomic mass is 15.2. The van der Waals surface area contributed by atoms with Crippen LogP contribution in [0.1, 0.15) is 29.5 Å². The zero-order chi connectivity index (χ0) is 18.7. The summed E-state index contributed by atoms with van der Waals surface area (Å²) in [6.45, 7) is 8.62. The number of nitrogens with one attached hydrogen (secondary N) is 1. The van der Waals surface area contributed by atoms with Crippen molar-refractivity contribution in [3.63, 3.8) is 0 Å². The van der Waals surface area contributed by atoms with E-state index in [-0.39, 0.29) is 0 Å². The fourth-order valence-corrected chi connectivity index (χ4v) is 3.75. The molecule has 0 amide bonds. The summed E-state index contributed by atoms with van der Waals surface area (Å²) < 4.78 is 0. The van der Waals surface area contributed by atoms with E-state index in [0.717, 1.165) is 61.2 Å². The lowest BCUT2D eigenvalue weighted by atomic mass is 10.0. The number of hydrogen-bond donors (Lipinski definition) is 1. The van der Waals surface area contributed by atoms with Gasteiger partial charge in [-0.15, -0.1) is 0 Å². The van der Waals surface area contributed by atoms with E-state index in [4.69, 9.17) is 0 Å². The predicted molar refractivity (Wildman–Crippen MR) is 108 cm³/mol. The van der Waals surface area contributed by atoms with Crippen LogP contribution in [0.2, 0.25) is 0 Å². The normalized spacial score (nSPS) is 16.2. The van der Waals surface area contributed by atoms with Crippen LogP contribution < -0.4 is 5.32 Å². The summed E-state index contributed by atoms with van der Waals surface area (Å²) in [5.74, 6) is 0. The van der Waals surface area contributed by atoms with Crippen LogP contribution in [-0.2, 0) is 0 Å². The first-order valence-corrected chi connectivity index (χ1v) is 9.41. The molecule has 0 aliphatic carbocycles. The molecule has 0 unspecified atom stereocenters. The highest BCUT2D eigenvalue weighted by molar-refractivity contribution is 5.96. The van der Waals surface area contributed by atoms with Gasteiger partial charge in [0, 0.05) is 43.8 Å². The Balaban J connectivity index is 1.78. The maximum atomic E-state index is 9.57. The molecule has 1 aromatic carbocycles. The molecule has 0 atom stereocenters. The Bertz CT molecular complexity index is 813. The molecule has 1 saturated heterocycles. The number of aryl methyl sites for hydroxylation is 2. The summed E-state index contributed by atoms with van der Waals surface area (Å²) in [7, 11) is 4.24. The first-order chi connectivity index (χ1) is 12.5. The Kier molecular flexibility index (Phi) is 5.75. The lowest BCUT2D eigenvalue weighted by Crippen LogP contribution is -2.41. The molecule has 0 bridgehead atoms. The number of hydrogen-bond acceptors (Lipinski definition) is 5. The van der Waals surface area contributed by atoms with Crippen LogP contribution in [0.5, 0.6) is 0 Å². The van der Waals surface area contributed by atoms with Crippen molar-refractivity contribution in [2.24, 2.45) is 0 Å². The van der Waals surface area contributed by atoms with Crippen molar-refractivity contribution < 1.29 is 0 Å². The lowest BCUT2D eigenvalue weighted by molar-refractivity contribution is 0.199. The molecule has 5 heteroatoms. The zero-order valence-electron chi connectivity index (χ0n) is 16.3. The van der Waals surface area contributed by atoms with E-state index in [1.54, 1.807) is 6.20 Å². The van der Waals surface area contributed by atoms with Gasteiger partial charge in [0.15, 0.2) is 0 Å². The van der Waals surface area contributed by atoms with Crippen molar-refractivity contribution in [3.8, 4) is 6.07 Å². The van der Waals surface area contributed by atoms with Crippen molar-refractivity contribution in [2.45, 2.75) is 32.7 Å². The summed E-state index contributed by atoms with van der Waals surface area (Å²) in [6, 6.07) is 7.01. The minimum atomic E-state index is 0.407. The van der Waals surface area contributed by atoms with Gasteiger partial charge in [-0.25, -0.2) is 0 Å². The third-order valence-corrected chi connectivity index (χ3v) is 5.23. The Morgan fingerprint density at radius 1 is 1.27 bits per heavy atom. The molecule has 1 fully saturated rings. The van der Waals surface area contributed by atoms with Gasteiger partial charge in [0.25, 0.3) is 0 Å². The number of fused-ring (bicyclic) bond motifs is 1. The number of nitrogens with zero attached hydrogens (tertiary/aromatic N) is 4. The molecule has 1 aliphatic rings. The third-order valence-electron chi connectivity index (χ3n) is 5.23. The van der Waals surface area contributed by atoms with Gasteiger partial charge in [0.05, 0.1) is 16.8 Å². The number of pyridine rings is 1. The monoisotopic (exact) mass is 351 g/mol. The van der Waals surface area contributed by atoms with Gasteiger partial charge in [0.2, 0.25) is 0 Å². The van der Waals surface area contributed by atoms with E-state index in [2.05, 4.69) is 66.2 Å². The minimum absolute atomic E-state index is 0.407. The molecular weight excluding hydrogens is 322 g/mol. The second-order valence-corrected chi connectivity index (χ2v) is 7.70. The first kappa shape index (κ1) is 18.6. The molecule has 0 saturated carbocycles. The zero-order valence-corrected chi connectivity index (χ0v) is 16.3. The van der Waals surface area contributed by atoms with Crippen molar-refractivity contribution in [1.29, 1.82) is 5.26 Å². The average molecular weight is 351 g/mol. The standard InChI is InChI=1S/C21H29N5/c1-15-11-16(2)20-19(12-15)21(17(13-22)14-23-20)24-18-5-7-26(8-6-18)10-9-25(3)4/h11-12,14,18H,5-10H2,1-4H3,(H,23,24). The largest absolute Gasteiger partial charge is 0.381 e. The average Bonchev–Trinajstić information content (AvgIpc) is 2.61. The SMILES string of the molecule is Cc1cc(C)c2ncc(C#N)c(NC3CCN(CCN(C)C)CC3)c2c1. The number of benzene rings is 1. The summed E-state index contributed by atoms with van der Waals surface area (Å²) >= 11 is 0. The topological polar surface area (TPSA) is 55.2 Å². The first-order valence-electron chi connectivity index (χ1n) is 9.41. The van der Waals surface area contributed by atoms with Crippen LogP contribution >= 0.6 is 0 Å². The van der Waals surface area contributed by atoms with Crippen molar-refractivity contribution in [1.82, 2.24) is 14.8 Å². The molecule has 1 aromatic heterocycles. The fraction of sp³-hybridized carbons (Fsp3) is 0.524. The molecule has 1 N–H and O–H groups in total. The molecule has 0 spiro atoms. The summed E-state index contributed by atoms with van der Waals surface area (Å²) in [4.78, 5) is 9.29. The molecule has 1 aliphatic heterocycles. The lowest BCUT2D eigenvalue weighted by Gasteiger charge is -2.33. The summed E-state index contributed by atoms with van der Waals surface area (Å²) in [5, 5.41) is 14.3. The van der Waals surface area contributed by atoms with Crippen molar-refractivity contribution in [3.05, 3.63) is 35.0 Å². The summed E-state index contributed by atoms with van der Waals surface area (Å²) in [5.41, 5.74) is 4.94. The van der Waals surface area contributed by atoms with Crippen molar-refractivity contribution in [2.75, 3.05) is 45.6 Å². The quantitative estimate of drug-likeness (QED) is 0.897. The van der Waals surface area contributed by atoms with Gasteiger partial charge in [-0.3, -0.25) is 4.98 Å².